The average molecular weight is 460 g/mol. The number of halogens is 2. The first-order chi connectivity index (χ1) is 14.5. The van der Waals surface area contributed by atoms with Crippen LogP contribution in [0.5, 0.6) is 5.88 Å². The molecule has 1 atom stereocenters. The van der Waals surface area contributed by atoms with E-state index in [4.69, 9.17) is 9.88 Å². The van der Waals surface area contributed by atoms with Crippen molar-refractivity contribution >= 4 is 21.6 Å². The van der Waals surface area contributed by atoms with Crippen molar-refractivity contribution in [1.82, 2.24) is 19.6 Å². The molecule has 2 aromatic rings. The van der Waals surface area contributed by atoms with Gasteiger partial charge in [-0.25, -0.2) is 27.6 Å². The molecule has 3 N–H and O–H groups in total. The minimum atomic E-state index is -3.65. The summed E-state index contributed by atoms with van der Waals surface area (Å²) >= 11 is 0. The Hall–Kier alpha value is -2.54. The molecule has 3 rings (SSSR count). The predicted octanol–water partition coefficient (Wildman–Crippen LogP) is 3.31. The van der Waals surface area contributed by atoms with Crippen molar-refractivity contribution in [3.8, 4) is 5.88 Å². The molecule has 172 valence electrons. The molecule has 0 unspecified atom stereocenters. The van der Waals surface area contributed by atoms with Gasteiger partial charge >= 0.3 is 6.03 Å². The predicted molar refractivity (Wildman–Crippen MR) is 111 cm³/mol. The lowest BCUT2D eigenvalue weighted by atomic mass is 10.0. The highest BCUT2D eigenvalue weighted by Crippen LogP contribution is 2.33. The lowest BCUT2D eigenvalue weighted by Gasteiger charge is -2.16. The number of amides is 2. The second kappa shape index (κ2) is 8.91. The van der Waals surface area contributed by atoms with Crippen molar-refractivity contribution in [1.29, 1.82) is 0 Å². The van der Waals surface area contributed by atoms with E-state index < -0.39 is 28.9 Å². The van der Waals surface area contributed by atoms with E-state index in [1.54, 1.807) is 13.8 Å². The second-order valence-corrected chi connectivity index (χ2v) is 9.62. The third kappa shape index (κ3) is 4.87. The SMILES string of the molecule is CC(C)c1nn(CC(F)F)c(C(C)C)c1NC(=O)N=[S@@](N)(=O)c1cnn2c1OCCC2. The summed E-state index contributed by atoms with van der Waals surface area (Å²) in [5.74, 6) is -0.150. The Morgan fingerprint density at radius 3 is 2.68 bits per heavy atom. The van der Waals surface area contributed by atoms with Gasteiger partial charge in [-0.05, 0) is 11.8 Å². The normalized spacial score (nSPS) is 15.7. The van der Waals surface area contributed by atoms with Gasteiger partial charge in [0.05, 0.1) is 29.9 Å². The fourth-order valence-corrected chi connectivity index (χ4v) is 4.43. The maximum Gasteiger partial charge on any atom is 0.354 e. The van der Waals surface area contributed by atoms with Crippen molar-refractivity contribution < 1.29 is 22.5 Å². The van der Waals surface area contributed by atoms with Crippen LogP contribution in [0.3, 0.4) is 0 Å². The van der Waals surface area contributed by atoms with Crippen LogP contribution in [0.1, 0.15) is 57.3 Å². The Balaban J connectivity index is 1.98. The molecular weight excluding hydrogens is 432 g/mol. The van der Waals surface area contributed by atoms with Crippen LogP contribution in [-0.2, 0) is 23.0 Å². The van der Waals surface area contributed by atoms with Crippen LogP contribution in [0.2, 0.25) is 0 Å². The second-order valence-electron chi connectivity index (χ2n) is 7.86. The number of urea groups is 1. The average Bonchev–Trinajstić information content (AvgIpc) is 3.22. The highest BCUT2D eigenvalue weighted by atomic mass is 32.2. The Morgan fingerprint density at radius 2 is 2.06 bits per heavy atom. The number of hydrogen-bond acceptors (Lipinski definition) is 5. The Bertz CT molecular complexity index is 1080. The zero-order chi connectivity index (χ0) is 22.9. The van der Waals surface area contributed by atoms with E-state index in [1.165, 1.54) is 15.6 Å². The van der Waals surface area contributed by atoms with E-state index in [1.807, 2.05) is 13.8 Å². The number of aromatic nitrogens is 4. The molecule has 13 heteroatoms. The lowest BCUT2D eigenvalue weighted by Crippen LogP contribution is -2.21. The van der Waals surface area contributed by atoms with Gasteiger partial charge in [0.1, 0.15) is 11.4 Å². The summed E-state index contributed by atoms with van der Waals surface area (Å²) < 4.78 is 51.0. The zero-order valence-electron chi connectivity index (χ0n) is 17.8. The Morgan fingerprint density at radius 1 is 1.35 bits per heavy atom. The number of ether oxygens (including phenoxy) is 1. The van der Waals surface area contributed by atoms with Gasteiger partial charge < -0.3 is 10.1 Å². The topological polar surface area (TPSA) is 129 Å². The van der Waals surface area contributed by atoms with Gasteiger partial charge in [0, 0.05) is 13.0 Å². The van der Waals surface area contributed by atoms with Crippen LogP contribution >= 0.6 is 0 Å². The van der Waals surface area contributed by atoms with Gasteiger partial charge in [0.2, 0.25) is 5.88 Å². The van der Waals surface area contributed by atoms with Gasteiger partial charge in [0.15, 0.2) is 9.92 Å². The lowest BCUT2D eigenvalue weighted by molar-refractivity contribution is 0.120. The number of rotatable bonds is 6. The summed E-state index contributed by atoms with van der Waals surface area (Å²) in [6.07, 6.45) is -0.586. The van der Waals surface area contributed by atoms with E-state index in [0.717, 1.165) is 6.42 Å². The number of nitrogens with one attached hydrogen (secondary N) is 1. The summed E-state index contributed by atoms with van der Waals surface area (Å²) in [7, 11) is -3.65. The van der Waals surface area contributed by atoms with Crippen LogP contribution in [0, 0.1) is 0 Å². The van der Waals surface area contributed by atoms with Crippen molar-refractivity contribution in [2.75, 3.05) is 11.9 Å². The molecule has 0 aliphatic carbocycles. The standard InChI is InChI=1S/C18H27F2N7O3S/c1-10(2)14-15(16(11(3)4)27(24-14)9-13(19)20)23-18(28)25-31(21,29)12-8-22-26-6-5-7-30-17(12)26/h8,10-11,13H,5-7,9H2,1-4H3,(H3,21,23,25,28,29)/t31-/m1/s1. The molecule has 0 bridgehead atoms. The summed E-state index contributed by atoms with van der Waals surface area (Å²) in [5.41, 5.74) is 1.15. The van der Waals surface area contributed by atoms with Crippen molar-refractivity contribution in [3.63, 3.8) is 0 Å². The van der Waals surface area contributed by atoms with E-state index in [2.05, 4.69) is 19.9 Å². The van der Waals surface area contributed by atoms with Gasteiger partial charge in [0.25, 0.3) is 6.43 Å². The van der Waals surface area contributed by atoms with Gasteiger partial charge in [-0.15, -0.1) is 4.36 Å². The fourth-order valence-electron chi connectivity index (χ4n) is 3.43. The number of anilines is 1. The number of alkyl halides is 2. The molecule has 1 aliphatic rings. The van der Waals surface area contributed by atoms with E-state index >= 15 is 0 Å². The van der Waals surface area contributed by atoms with E-state index in [9.17, 15) is 17.8 Å². The number of carbonyl (C=O) groups excluding carboxylic acids is 1. The summed E-state index contributed by atoms with van der Waals surface area (Å²) in [6.45, 7) is 7.66. The zero-order valence-corrected chi connectivity index (χ0v) is 18.7. The van der Waals surface area contributed by atoms with Crippen LogP contribution in [0.4, 0.5) is 19.3 Å². The van der Waals surface area contributed by atoms with Crippen LogP contribution in [0.15, 0.2) is 15.5 Å². The van der Waals surface area contributed by atoms with Crippen molar-refractivity contribution in [2.24, 2.45) is 9.50 Å². The fraction of sp³-hybridized carbons (Fsp3) is 0.611. The first-order valence-corrected chi connectivity index (χ1v) is 11.5. The summed E-state index contributed by atoms with van der Waals surface area (Å²) in [5, 5.41) is 16.8. The number of hydrogen-bond donors (Lipinski definition) is 2. The molecule has 0 spiro atoms. The van der Waals surface area contributed by atoms with Gasteiger partial charge in [-0.2, -0.15) is 10.2 Å². The molecule has 2 amide bonds. The van der Waals surface area contributed by atoms with E-state index in [0.29, 0.717) is 24.5 Å². The van der Waals surface area contributed by atoms with Crippen molar-refractivity contribution in [2.45, 2.75) is 70.4 Å². The maximum absolute atomic E-state index is 13.0. The Kier molecular flexibility index (Phi) is 6.65. The minimum absolute atomic E-state index is 0.0314. The number of nitrogens with two attached hydrogens (primary N) is 1. The molecule has 31 heavy (non-hydrogen) atoms. The summed E-state index contributed by atoms with van der Waals surface area (Å²) in [4.78, 5) is 12.7. The number of nitrogens with zero attached hydrogens (tertiary/aromatic N) is 5. The molecule has 1 aliphatic heterocycles. The number of aryl methyl sites for hydroxylation is 1. The molecular formula is C18H27F2N7O3S. The molecule has 0 aromatic carbocycles. The van der Waals surface area contributed by atoms with E-state index in [-0.39, 0.29) is 28.3 Å². The third-order valence-corrected chi connectivity index (χ3v) is 6.05. The van der Waals surface area contributed by atoms with Crippen LogP contribution in [-0.4, -0.2) is 42.8 Å². The number of fused-ring (bicyclic) bond motifs is 1. The van der Waals surface area contributed by atoms with Crippen LogP contribution < -0.4 is 15.2 Å². The molecule has 0 saturated carbocycles. The first-order valence-electron chi connectivity index (χ1n) is 9.94. The largest absolute Gasteiger partial charge is 0.477 e. The van der Waals surface area contributed by atoms with Crippen molar-refractivity contribution in [3.05, 3.63) is 17.6 Å². The molecule has 2 aromatic heterocycles. The first kappa shape index (κ1) is 23.1. The highest BCUT2D eigenvalue weighted by molar-refractivity contribution is 7.91. The van der Waals surface area contributed by atoms with Crippen LogP contribution in [0.25, 0.3) is 0 Å². The molecule has 0 fully saturated rings. The number of carbonyl (C=O) groups is 1. The maximum atomic E-state index is 13.0. The smallest absolute Gasteiger partial charge is 0.354 e. The molecule has 0 saturated heterocycles. The molecule has 3 heterocycles. The Labute approximate surface area is 179 Å². The quantitative estimate of drug-likeness (QED) is 0.685. The molecule has 10 nitrogen and oxygen atoms in total. The van der Waals surface area contributed by atoms with Gasteiger partial charge in [-0.1, -0.05) is 27.7 Å². The monoisotopic (exact) mass is 459 g/mol. The third-order valence-electron chi connectivity index (χ3n) is 4.70. The summed E-state index contributed by atoms with van der Waals surface area (Å²) in [6, 6.07) is -0.969. The minimum Gasteiger partial charge on any atom is -0.477 e. The highest BCUT2D eigenvalue weighted by Gasteiger charge is 2.27. The van der Waals surface area contributed by atoms with Gasteiger partial charge in [-0.3, -0.25) is 4.68 Å². The molecule has 0 radical (unpaired) electrons.